The van der Waals surface area contributed by atoms with Gasteiger partial charge in [0.15, 0.2) is 5.13 Å². The first-order valence-corrected chi connectivity index (χ1v) is 12.3. The number of halogens is 2. The summed E-state index contributed by atoms with van der Waals surface area (Å²) >= 11 is 8.74. The highest BCUT2D eigenvalue weighted by Gasteiger charge is 2.17. The molecule has 7 nitrogen and oxygen atoms in total. The quantitative estimate of drug-likeness (QED) is 0.357. The van der Waals surface area contributed by atoms with Gasteiger partial charge in [0.25, 0.3) is 0 Å². The third kappa shape index (κ3) is 4.55. The number of nitrogen functional groups attached to an aromatic ring is 1. The molecule has 5 N–H and O–H groups in total. The van der Waals surface area contributed by atoms with E-state index in [1.165, 1.54) is 40.9 Å². The van der Waals surface area contributed by atoms with Crippen molar-refractivity contribution in [2.75, 3.05) is 11.1 Å². The maximum Gasteiger partial charge on any atom is 0.238 e. The zero-order chi connectivity index (χ0) is 22.3. The van der Waals surface area contributed by atoms with Crippen molar-refractivity contribution in [2.45, 2.75) is 11.8 Å². The Hall–Kier alpha value is -2.57. The van der Waals surface area contributed by atoms with Crippen LogP contribution in [-0.4, -0.2) is 18.4 Å². The first-order valence-electron chi connectivity index (χ1n) is 8.70. The molecule has 160 valence electrons. The lowest BCUT2D eigenvalue weighted by Crippen LogP contribution is -2.11. The number of nitrogens with zero attached hydrogens (tertiary/aromatic N) is 2. The van der Waals surface area contributed by atoms with Crippen molar-refractivity contribution in [1.29, 1.82) is 0 Å². The number of sulfonamides is 1. The second-order valence-corrected chi connectivity index (χ2v) is 10.4. The van der Waals surface area contributed by atoms with Gasteiger partial charge in [0.05, 0.1) is 10.6 Å². The Morgan fingerprint density at radius 2 is 1.87 bits per heavy atom. The molecule has 0 spiro atoms. The molecule has 0 amide bonds. The number of hydrogen-bond acceptors (Lipinski definition) is 8. The topological polar surface area (TPSA) is 124 Å². The normalized spacial score (nSPS) is 11.6. The number of nitrogens with two attached hydrogens (primary N) is 2. The first kappa shape index (κ1) is 21.7. The number of nitrogens with one attached hydrogen (secondary N) is 1. The zero-order valence-electron chi connectivity index (χ0n) is 15.9. The molecule has 12 heteroatoms. The average molecular weight is 496 g/mol. The van der Waals surface area contributed by atoms with E-state index in [9.17, 15) is 12.8 Å². The van der Waals surface area contributed by atoms with E-state index in [1.54, 1.807) is 30.5 Å². The minimum Gasteiger partial charge on any atom is -0.382 e. The van der Waals surface area contributed by atoms with Crippen LogP contribution in [0, 0.1) is 12.7 Å². The Kier molecular flexibility index (Phi) is 5.71. The lowest BCUT2D eigenvalue weighted by molar-refractivity contribution is 0.598. The average Bonchev–Trinajstić information content (AvgIpc) is 3.32. The summed E-state index contributed by atoms with van der Waals surface area (Å²) < 4.78 is 36.8. The van der Waals surface area contributed by atoms with Gasteiger partial charge in [-0.1, -0.05) is 22.9 Å². The molecule has 0 atom stereocenters. The van der Waals surface area contributed by atoms with Gasteiger partial charge in [-0.3, -0.25) is 0 Å². The summed E-state index contributed by atoms with van der Waals surface area (Å²) in [5.41, 5.74) is 8.25. The number of primary sulfonamides is 1. The van der Waals surface area contributed by atoms with Crippen LogP contribution in [0.1, 0.15) is 5.56 Å². The van der Waals surface area contributed by atoms with Crippen molar-refractivity contribution in [3.8, 4) is 21.1 Å². The molecule has 4 rings (SSSR count). The Bertz CT molecular complexity index is 1360. The standard InChI is InChI=1S/C19H15ClFN5O2S3/c1-9-13(20)6-10(7-14(9)21)15-8-29-18(25-15)16-17(22)26-19(30-16)24-11-2-4-12(5-3-11)31(23,27)28/h2-8H,22H2,1H3,(H,24,26)(H2,23,27,28). The monoisotopic (exact) mass is 495 g/mol. The van der Waals surface area contributed by atoms with E-state index < -0.39 is 15.8 Å². The smallest absolute Gasteiger partial charge is 0.238 e. The lowest BCUT2D eigenvalue weighted by Gasteiger charge is -2.03. The van der Waals surface area contributed by atoms with E-state index in [-0.39, 0.29) is 4.90 Å². The van der Waals surface area contributed by atoms with Gasteiger partial charge in [0.1, 0.15) is 21.5 Å². The third-order valence-electron chi connectivity index (χ3n) is 4.36. The molecule has 31 heavy (non-hydrogen) atoms. The van der Waals surface area contributed by atoms with Crippen LogP contribution in [0.5, 0.6) is 0 Å². The molecule has 0 unspecified atom stereocenters. The highest BCUT2D eigenvalue weighted by atomic mass is 35.5. The van der Waals surface area contributed by atoms with Crippen molar-refractivity contribution in [1.82, 2.24) is 9.97 Å². The molecule has 0 fully saturated rings. The van der Waals surface area contributed by atoms with Gasteiger partial charge in [-0.05, 0) is 43.3 Å². The molecule has 0 bridgehead atoms. The van der Waals surface area contributed by atoms with Crippen LogP contribution in [0.25, 0.3) is 21.1 Å². The molecule has 4 aromatic rings. The number of benzene rings is 2. The van der Waals surface area contributed by atoms with Crippen LogP contribution >= 0.6 is 34.3 Å². The van der Waals surface area contributed by atoms with E-state index in [1.807, 2.05) is 0 Å². The zero-order valence-corrected chi connectivity index (χ0v) is 19.1. The molecule has 0 radical (unpaired) electrons. The molecule has 0 aliphatic carbocycles. The minimum atomic E-state index is -3.76. The Labute approximate surface area is 190 Å². The van der Waals surface area contributed by atoms with Gasteiger partial charge in [0.2, 0.25) is 10.0 Å². The van der Waals surface area contributed by atoms with Crippen molar-refractivity contribution >= 4 is 60.9 Å². The largest absolute Gasteiger partial charge is 0.382 e. The van der Waals surface area contributed by atoms with Crippen LogP contribution in [-0.2, 0) is 10.0 Å². The van der Waals surface area contributed by atoms with Crippen molar-refractivity contribution < 1.29 is 12.8 Å². The summed E-state index contributed by atoms with van der Waals surface area (Å²) in [5.74, 6) is -0.100. The second kappa shape index (κ2) is 8.17. The molecule has 2 aromatic carbocycles. The number of thiazole rings is 2. The fourth-order valence-corrected chi connectivity index (χ4v) is 5.25. The van der Waals surface area contributed by atoms with Gasteiger partial charge >= 0.3 is 0 Å². The number of rotatable bonds is 5. The minimum absolute atomic E-state index is 0.0142. The maximum atomic E-state index is 14.0. The summed E-state index contributed by atoms with van der Waals surface area (Å²) in [6.45, 7) is 1.61. The summed E-state index contributed by atoms with van der Waals surface area (Å²) in [6, 6.07) is 9.02. The Balaban J connectivity index is 1.59. The van der Waals surface area contributed by atoms with Crippen LogP contribution < -0.4 is 16.2 Å². The molecule has 0 saturated heterocycles. The first-order chi connectivity index (χ1) is 14.6. The van der Waals surface area contributed by atoms with Crippen LogP contribution in [0.3, 0.4) is 0 Å². The van der Waals surface area contributed by atoms with E-state index in [0.29, 0.717) is 48.4 Å². The van der Waals surface area contributed by atoms with Gasteiger partial charge < -0.3 is 11.1 Å². The molecular formula is C19H15ClFN5O2S3. The van der Waals surface area contributed by atoms with Crippen LogP contribution in [0.2, 0.25) is 5.02 Å². The third-order valence-corrected chi connectivity index (χ3v) is 7.67. The van der Waals surface area contributed by atoms with Gasteiger partial charge in [0, 0.05) is 27.2 Å². The van der Waals surface area contributed by atoms with Crippen molar-refractivity contribution in [2.24, 2.45) is 5.14 Å². The lowest BCUT2D eigenvalue weighted by atomic mass is 10.1. The second-order valence-electron chi connectivity index (χ2n) is 6.53. The number of anilines is 3. The van der Waals surface area contributed by atoms with Crippen molar-refractivity contribution in [3.63, 3.8) is 0 Å². The molecule has 0 saturated carbocycles. The van der Waals surface area contributed by atoms with Crippen LogP contribution in [0.15, 0.2) is 46.7 Å². The van der Waals surface area contributed by atoms with E-state index in [2.05, 4.69) is 15.3 Å². The summed E-state index contributed by atoms with van der Waals surface area (Å²) in [4.78, 5) is 9.54. The molecule has 2 heterocycles. The van der Waals surface area contributed by atoms with Crippen LogP contribution in [0.4, 0.5) is 21.0 Å². The van der Waals surface area contributed by atoms with E-state index >= 15 is 0 Å². The summed E-state index contributed by atoms with van der Waals surface area (Å²) in [5, 5.41) is 11.5. The summed E-state index contributed by atoms with van der Waals surface area (Å²) in [7, 11) is -3.76. The maximum absolute atomic E-state index is 14.0. The Morgan fingerprint density at radius 1 is 1.16 bits per heavy atom. The van der Waals surface area contributed by atoms with Gasteiger partial charge in [-0.25, -0.2) is 27.9 Å². The van der Waals surface area contributed by atoms with Gasteiger partial charge in [-0.2, -0.15) is 0 Å². The summed E-state index contributed by atoms with van der Waals surface area (Å²) in [6.07, 6.45) is 0. The van der Waals surface area contributed by atoms with Crippen molar-refractivity contribution in [3.05, 3.63) is 58.2 Å². The SMILES string of the molecule is Cc1c(F)cc(-c2csc(-c3sc(Nc4ccc(S(N)(=O)=O)cc4)nc3N)n2)cc1Cl. The number of hydrogen-bond donors (Lipinski definition) is 3. The fraction of sp³-hybridized carbons (Fsp3) is 0.0526. The molecular weight excluding hydrogens is 481 g/mol. The van der Waals surface area contributed by atoms with E-state index in [4.69, 9.17) is 22.5 Å². The van der Waals surface area contributed by atoms with Gasteiger partial charge in [-0.15, -0.1) is 11.3 Å². The molecule has 2 aromatic heterocycles. The van der Waals surface area contributed by atoms with E-state index in [0.717, 1.165) is 0 Å². The Morgan fingerprint density at radius 3 is 2.52 bits per heavy atom. The molecule has 0 aliphatic rings. The highest BCUT2D eigenvalue weighted by Crippen LogP contribution is 2.39. The molecule has 0 aliphatic heterocycles. The number of aromatic nitrogens is 2. The fourth-order valence-electron chi connectivity index (χ4n) is 2.69. The predicted octanol–water partition coefficient (Wildman–Crippen LogP) is 5.01. The highest BCUT2D eigenvalue weighted by molar-refractivity contribution is 7.89. The predicted molar refractivity (Wildman–Crippen MR) is 124 cm³/mol.